The van der Waals surface area contributed by atoms with Gasteiger partial charge >= 0.3 is 15.5 Å². The first kappa shape index (κ1) is 16.0. The Balaban J connectivity index is 1.79. The van der Waals surface area contributed by atoms with Gasteiger partial charge in [-0.05, 0) is 23.6 Å². The van der Waals surface area contributed by atoms with E-state index >= 15 is 0 Å². The zero-order valence-electron chi connectivity index (χ0n) is 12.4. The Kier molecular flexibility index (Phi) is 3.49. The zero-order valence-corrected chi connectivity index (χ0v) is 13.2. The molecule has 10 heteroatoms. The number of benzene rings is 1. The minimum Gasteiger partial charge on any atom is -0.454 e. The fraction of sp³-hybridized carbons (Fsp3) is 0.571. The molecule has 6 nitrogen and oxygen atoms in total. The zero-order chi connectivity index (χ0) is 17.1. The molecular formula is C14H14F3NO5S. The number of ether oxygens (including phenoxy) is 3. The van der Waals surface area contributed by atoms with Gasteiger partial charge in [0.2, 0.25) is 6.79 Å². The number of hydrogen-bond acceptors (Lipinski definition) is 5. The third-order valence-electron chi connectivity index (χ3n) is 4.54. The van der Waals surface area contributed by atoms with Crippen molar-refractivity contribution < 1.29 is 35.8 Å². The van der Waals surface area contributed by atoms with E-state index in [-0.39, 0.29) is 32.9 Å². The normalized spacial score (nSPS) is 23.7. The molecule has 0 aromatic heterocycles. The SMILES string of the molecule is O=S(=O)(N1CCc2c3c(cc4c2C(COC4)C1)OCO3)C(F)(F)F. The molecule has 4 rings (SSSR count). The van der Waals surface area contributed by atoms with Crippen LogP contribution in [-0.2, 0) is 27.8 Å². The summed E-state index contributed by atoms with van der Waals surface area (Å²) in [6.45, 7) is 0.0123. The number of rotatable bonds is 1. The van der Waals surface area contributed by atoms with Gasteiger partial charge in [-0.25, -0.2) is 8.42 Å². The van der Waals surface area contributed by atoms with Crippen LogP contribution in [0.2, 0.25) is 0 Å². The number of alkyl halides is 3. The van der Waals surface area contributed by atoms with Crippen molar-refractivity contribution in [3.8, 4) is 11.5 Å². The minimum atomic E-state index is -5.38. The molecule has 3 aliphatic rings. The van der Waals surface area contributed by atoms with Gasteiger partial charge in [0.25, 0.3) is 0 Å². The lowest BCUT2D eigenvalue weighted by Gasteiger charge is -2.29. The van der Waals surface area contributed by atoms with Gasteiger partial charge in [-0.2, -0.15) is 17.5 Å². The van der Waals surface area contributed by atoms with Crippen molar-refractivity contribution in [3.05, 3.63) is 22.8 Å². The Morgan fingerprint density at radius 1 is 1.25 bits per heavy atom. The van der Waals surface area contributed by atoms with Crippen molar-refractivity contribution >= 4 is 10.0 Å². The fourth-order valence-corrected chi connectivity index (χ4v) is 4.54. The topological polar surface area (TPSA) is 65.1 Å². The summed E-state index contributed by atoms with van der Waals surface area (Å²) < 4.78 is 79.2. The van der Waals surface area contributed by atoms with Crippen molar-refractivity contribution in [2.75, 3.05) is 26.5 Å². The van der Waals surface area contributed by atoms with Crippen LogP contribution in [0, 0.1) is 0 Å². The molecule has 3 aliphatic heterocycles. The number of fused-ring (bicyclic) bond motifs is 2. The average Bonchev–Trinajstić information content (AvgIpc) is 2.87. The van der Waals surface area contributed by atoms with Crippen molar-refractivity contribution in [2.45, 2.75) is 24.5 Å². The van der Waals surface area contributed by atoms with Gasteiger partial charge in [-0.1, -0.05) is 0 Å². The first-order valence-corrected chi connectivity index (χ1v) is 8.81. The largest absolute Gasteiger partial charge is 0.511 e. The second-order valence-corrected chi connectivity index (χ2v) is 7.86. The van der Waals surface area contributed by atoms with E-state index in [9.17, 15) is 21.6 Å². The van der Waals surface area contributed by atoms with Crippen LogP contribution in [0.15, 0.2) is 6.07 Å². The van der Waals surface area contributed by atoms with Gasteiger partial charge < -0.3 is 14.2 Å². The number of sulfonamides is 1. The Morgan fingerprint density at radius 2 is 2.04 bits per heavy atom. The molecule has 132 valence electrons. The maximum atomic E-state index is 12.9. The summed E-state index contributed by atoms with van der Waals surface area (Å²) in [5.41, 5.74) is -2.93. The monoisotopic (exact) mass is 365 g/mol. The predicted octanol–water partition coefficient (Wildman–Crippen LogP) is 1.74. The first-order chi connectivity index (χ1) is 11.3. The van der Waals surface area contributed by atoms with E-state index in [4.69, 9.17) is 14.2 Å². The summed E-state index contributed by atoms with van der Waals surface area (Å²) in [7, 11) is -5.38. The molecule has 0 saturated heterocycles. The molecule has 0 N–H and O–H groups in total. The van der Waals surface area contributed by atoms with Crippen LogP contribution in [0.4, 0.5) is 13.2 Å². The van der Waals surface area contributed by atoms with Crippen LogP contribution < -0.4 is 9.47 Å². The summed E-state index contributed by atoms with van der Waals surface area (Å²) in [4.78, 5) is 0. The molecule has 1 aromatic rings. The summed E-state index contributed by atoms with van der Waals surface area (Å²) in [6, 6.07) is 1.77. The second-order valence-electron chi connectivity index (χ2n) is 5.93. The molecule has 0 spiro atoms. The van der Waals surface area contributed by atoms with E-state index in [1.165, 1.54) is 0 Å². The first-order valence-electron chi connectivity index (χ1n) is 7.37. The molecule has 0 fully saturated rings. The molecule has 0 radical (unpaired) electrons. The number of hydrogen-bond donors (Lipinski definition) is 0. The highest BCUT2D eigenvalue weighted by Gasteiger charge is 2.51. The third-order valence-corrected chi connectivity index (χ3v) is 6.14. The van der Waals surface area contributed by atoms with Crippen LogP contribution in [0.25, 0.3) is 0 Å². The molecule has 3 heterocycles. The maximum absolute atomic E-state index is 12.9. The van der Waals surface area contributed by atoms with Crippen LogP contribution >= 0.6 is 0 Å². The maximum Gasteiger partial charge on any atom is 0.511 e. The molecule has 1 unspecified atom stereocenters. The molecular weight excluding hydrogens is 351 g/mol. The highest BCUT2D eigenvalue weighted by Crippen LogP contribution is 2.46. The average molecular weight is 365 g/mol. The second kappa shape index (κ2) is 5.24. The molecule has 0 bridgehead atoms. The lowest BCUT2D eigenvalue weighted by molar-refractivity contribution is -0.0492. The standard InChI is InChI=1S/C14H14F3NO5S/c15-14(16,17)24(19,20)18-2-1-10-12-8(5-21-6-9(12)4-18)3-11-13(10)23-7-22-11/h3,9H,1-2,4-7H2. The summed E-state index contributed by atoms with van der Waals surface area (Å²) in [5, 5.41) is 0. The third kappa shape index (κ3) is 2.27. The highest BCUT2D eigenvalue weighted by molar-refractivity contribution is 7.90. The molecule has 24 heavy (non-hydrogen) atoms. The van der Waals surface area contributed by atoms with Gasteiger partial charge in [0, 0.05) is 24.6 Å². The number of halogens is 3. The van der Waals surface area contributed by atoms with Crippen LogP contribution in [0.3, 0.4) is 0 Å². The van der Waals surface area contributed by atoms with Gasteiger partial charge in [0.15, 0.2) is 11.5 Å². The Labute approximate surface area is 136 Å². The van der Waals surface area contributed by atoms with E-state index in [0.717, 1.165) is 16.7 Å². The summed E-state index contributed by atoms with van der Waals surface area (Å²) in [6.07, 6.45) is 0.140. The highest BCUT2D eigenvalue weighted by atomic mass is 32.2. The van der Waals surface area contributed by atoms with E-state index in [1.54, 1.807) is 6.07 Å². The van der Waals surface area contributed by atoms with Crippen LogP contribution in [0.5, 0.6) is 11.5 Å². The Morgan fingerprint density at radius 3 is 2.79 bits per heavy atom. The van der Waals surface area contributed by atoms with Crippen molar-refractivity contribution in [1.29, 1.82) is 0 Å². The van der Waals surface area contributed by atoms with Crippen molar-refractivity contribution in [3.63, 3.8) is 0 Å². The Hall–Kier alpha value is -1.52. The van der Waals surface area contributed by atoms with E-state index in [0.29, 0.717) is 22.4 Å². The van der Waals surface area contributed by atoms with Gasteiger partial charge in [-0.3, -0.25) is 0 Å². The van der Waals surface area contributed by atoms with Crippen molar-refractivity contribution in [1.82, 2.24) is 4.31 Å². The Bertz CT molecular complexity index is 793. The quantitative estimate of drug-likeness (QED) is 0.759. The van der Waals surface area contributed by atoms with Gasteiger partial charge in [0.1, 0.15) is 0 Å². The summed E-state index contributed by atoms with van der Waals surface area (Å²) >= 11 is 0. The predicted molar refractivity (Wildman–Crippen MR) is 75.2 cm³/mol. The van der Waals surface area contributed by atoms with Crippen LogP contribution in [0.1, 0.15) is 22.6 Å². The molecule has 0 amide bonds. The van der Waals surface area contributed by atoms with Gasteiger partial charge in [-0.15, -0.1) is 0 Å². The van der Waals surface area contributed by atoms with E-state index < -0.39 is 21.4 Å². The molecule has 0 saturated carbocycles. The molecule has 1 atom stereocenters. The summed E-state index contributed by atoms with van der Waals surface area (Å²) in [5.74, 6) is 0.574. The fourth-order valence-electron chi connectivity index (χ4n) is 3.54. The van der Waals surface area contributed by atoms with E-state index in [1.807, 2.05) is 0 Å². The lowest BCUT2D eigenvalue weighted by atomic mass is 9.87. The van der Waals surface area contributed by atoms with Crippen molar-refractivity contribution in [2.24, 2.45) is 0 Å². The van der Waals surface area contributed by atoms with Gasteiger partial charge in [0.05, 0.1) is 13.2 Å². The molecule has 0 aliphatic carbocycles. The lowest BCUT2D eigenvalue weighted by Crippen LogP contribution is -2.43. The van der Waals surface area contributed by atoms with E-state index in [2.05, 4.69) is 0 Å². The number of nitrogens with zero attached hydrogens (tertiary/aromatic N) is 1. The molecule has 1 aromatic carbocycles. The smallest absolute Gasteiger partial charge is 0.454 e. The minimum absolute atomic E-state index is 0.0430. The van der Waals surface area contributed by atoms with Crippen LogP contribution in [-0.4, -0.2) is 44.7 Å².